The zero-order valence-electron chi connectivity index (χ0n) is 11.1. The highest BCUT2D eigenvalue weighted by molar-refractivity contribution is 7.14. The fourth-order valence-electron chi connectivity index (χ4n) is 2.56. The van der Waals surface area contributed by atoms with E-state index < -0.39 is 17.4 Å². The lowest BCUT2D eigenvalue weighted by atomic mass is 9.98. The Kier molecular flexibility index (Phi) is 3.42. The minimum Gasteiger partial charge on any atom is -0.288 e. The number of hydrogen-bond donors (Lipinski definition) is 0. The van der Waals surface area contributed by atoms with E-state index in [4.69, 9.17) is 0 Å². The van der Waals surface area contributed by atoms with E-state index in [-0.39, 0.29) is 11.1 Å². The summed E-state index contributed by atoms with van der Waals surface area (Å²) in [4.78, 5) is 14.1. The molecule has 0 atom stereocenters. The molecular weight excluding hydrogens is 278 g/mol. The van der Waals surface area contributed by atoms with E-state index in [0.29, 0.717) is 4.88 Å². The summed E-state index contributed by atoms with van der Waals surface area (Å²) >= 11 is 1.42. The van der Waals surface area contributed by atoms with Gasteiger partial charge in [0.2, 0.25) is 5.78 Å². The molecule has 1 nitrogen and oxygen atoms in total. The van der Waals surface area contributed by atoms with Crippen molar-refractivity contribution in [1.29, 1.82) is 0 Å². The van der Waals surface area contributed by atoms with Crippen molar-refractivity contribution in [2.75, 3.05) is 0 Å². The highest BCUT2D eigenvalue weighted by atomic mass is 32.1. The van der Waals surface area contributed by atoms with Gasteiger partial charge in [0.15, 0.2) is 0 Å². The quantitative estimate of drug-likeness (QED) is 0.748. The number of fused-ring (bicyclic) bond motifs is 1. The highest BCUT2D eigenvalue weighted by Gasteiger charge is 2.21. The lowest BCUT2D eigenvalue weighted by Gasteiger charge is -2.08. The van der Waals surface area contributed by atoms with Crippen LogP contribution >= 0.6 is 11.3 Å². The maximum atomic E-state index is 13.9. The number of halogens is 2. The molecule has 1 aliphatic carbocycles. The van der Waals surface area contributed by atoms with Gasteiger partial charge in [-0.1, -0.05) is 0 Å². The van der Waals surface area contributed by atoms with Crippen LogP contribution in [0.1, 0.15) is 44.1 Å². The third-order valence-corrected chi connectivity index (χ3v) is 4.95. The molecule has 3 rings (SSSR count). The van der Waals surface area contributed by atoms with Crippen molar-refractivity contribution in [3.8, 4) is 0 Å². The summed E-state index contributed by atoms with van der Waals surface area (Å²) in [6.07, 6.45) is 4.22. The Balaban J connectivity index is 2.00. The summed E-state index contributed by atoms with van der Waals surface area (Å²) in [7, 11) is 0. The van der Waals surface area contributed by atoms with Gasteiger partial charge in [0.05, 0.1) is 10.4 Å². The predicted molar refractivity (Wildman–Crippen MR) is 75.5 cm³/mol. The number of carbonyl (C=O) groups excluding carboxylic acids is 1. The van der Waals surface area contributed by atoms with Crippen molar-refractivity contribution >= 4 is 17.1 Å². The molecule has 0 unspecified atom stereocenters. The van der Waals surface area contributed by atoms with Crippen LogP contribution in [-0.2, 0) is 12.8 Å². The second-order valence-electron chi connectivity index (χ2n) is 5.18. The molecular formula is C16H14F2OS. The summed E-state index contributed by atoms with van der Waals surface area (Å²) < 4.78 is 27.4. The van der Waals surface area contributed by atoms with E-state index >= 15 is 0 Å². The molecule has 104 valence electrons. The number of ketones is 1. The Morgan fingerprint density at radius 2 is 1.85 bits per heavy atom. The van der Waals surface area contributed by atoms with E-state index in [2.05, 4.69) is 0 Å². The minimum absolute atomic E-state index is 0.174. The molecule has 0 saturated carbocycles. The fourth-order valence-corrected chi connectivity index (χ4v) is 3.76. The molecule has 0 spiro atoms. The largest absolute Gasteiger partial charge is 0.288 e. The summed E-state index contributed by atoms with van der Waals surface area (Å²) in [5, 5.41) is 0. The Morgan fingerprint density at radius 1 is 1.10 bits per heavy atom. The first-order chi connectivity index (χ1) is 9.56. The van der Waals surface area contributed by atoms with Gasteiger partial charge >= 0.3 is 0 Å². The number of rotatable bonds is 2. The van der Waals surface area contributed by atoms with Gasteiger partial charge in [0.1, 0.15) is 11.6 Å². The van der Waals surface area contributed by atoms with Crippen LogP contribution in [0.5, 0.6) is 0 Å². The van der Waals surface area contributed by atoms with Gasteiger partial charge in [-0.25, -0.2) is 8.78 Å². The standard InChI is InChI=1S/C16H14F2OS/c1-9-6-13(18)11(8-12(9)17)16(19)15-7-10-4-2-3-5-14(10)20-15/h6-8H,2-5H2,1H3. The molecule has 2 aromatic rings. The average molecular weight is 292 g/mol. The summed E-state index contributed by atoms with van der Waals surface area (Å²) in [5.41, 5.74) is 1.23. The first-order valence-electron chi connectivity index (χ1n) is 6.68. The van der Waals surface area contributed by atoms with Crippen LogP contribution < -0.4 is 0 Å². The maximum Gasteiger partial charge on any atom is 0.206 e. The van der Waals surface area contributed by atoms with Crippen LogP contribution in [-0.4, -0.2) is 5.78 Å². The number of aryl methyl sites for hydroxylation is 3. The molecule has 0 N–H and O–H groups in total. The molecule has 20 heavy (non-hydrogen) atoms. The van der Waals surface area contributed by atoms with Crippen LogP contribution in [0.2, 0.25) is 0 Å². The fraction of sp³-hybridized carbons (Fsp3) is 0.312. The van der Waals surface area contributed by atoms with Gasteiger partial charge in [0.25, 0.3) is 0 Å². The van der Waals surface area contributed by atoms with Crippen LogP contribution in [0.4, 0.5) is 8.78 Å². The second-order valence-corrected chi connectivity index (χ2v) is 6.31. The monoisotopic (exact) mass is 292 g/mol. The zero-order chi connectivity index (χ0) is 14.3. The molecule has 1 aromatic heterocycles. The summed E-state index contributed by atoms with van der Waals surface area (Å²) in [5.74, 6) is -1.61. The van der Waals surface area contributed by atoms with Crippen LogP contribution in [0.15, 0.2) is 18.2 Å². The van der Waals surface area contributed by atoms with Crippen molar-refractivity contribution < 1.29 is 13.6 Å². The first-order valence-corrected chi connectivity index (χ1v) is 7.50. The maximum absolute atomic E-state index is 13.9. The molecule has 0 saturated heterocycles. The van der Waals surface area contributed by atoms with Crippen LogP contribution in [0.25, 0.3) is 0 Å². The lowest BCUT2D eigenvalue weighted by molar-refractivity contribution is 0.103. The van der Waals surface area contributed by atoms with E-state index in [0.717, 1.165) is 37.8 Å². The lowest BCUT2D eigenvalue weighted by Crippen LogP contribution is -2.04. The highest BCUT2D eigenvalue weighted by Crippen LogP contribution is 2.31. The van der Waals surface area contributed by atoms with Gasteiger partial charge < -0.3 is 0 Å². The number of thiophene rings is 1. The molecule has 0 radical (unpaired) electrons. The zero-order valence-corrected chi connectivity index (χ0v) is 11.9. The second kappa shape index (κ2) is 5.09. The SMILES string of the molecule is Cc1cc(F)c(C(=O)c2cc3c(s2)CCCC3)cc1F. The van der Waals surface area contributed by atoms with Gasteiger partial charge in [-0.05, 0) is 61.9 Å². The summed E-state index contributed by atoms with van der Waals surface area (Å²) in [6.45, 7) is 1.48. The molecule has 4 heteroatoms. The molecule has 1 heterocycles. The topological polar surface area (TPSA) is 17.1 Å². The van der Waals surface area contributed by atoms with Crippen molar-refractivity contribution in [1.82, 2.24) is 0 Å². The molecule has 0 bridgehead atoms. The smallest absolute Gasteiger partial charge is 0.206 e. The Bertz CT molecular complexity index is 665. The van der Waals surface area contributed by atoms with Gasteiger partial charge in [-0.3, -0.25) is 4.79 Å². The first kappa shape index (κ1) is 13.4. The van der Waals surface area contributed by atoms with E-state index in [1.54, 1.807) is 0 Å². The molecule has 0 fully saturated rings. The van der Waals surface area contributed by atoms with E-state index in [1.165, 1.54) is 28.7 Å². The van der Waals surface area contributed by atoms with Gasteiger partial charge in [0, 0.05) is 4.88 Å². The van der Waals surface area contributed by atoms with Gasteiger partial charge in [-0.2, -0.15) is 0 Å². The normalized spacial score (nSPS) is 14.2. The Morgan fingerprint density at radius 3 is 2.60 bits per heavy atom. The number of carbonyl (C=O) groups is 1. The third-order valence-electron chi connectivity index (χ3n) is 3.71. The molecule has 1 aromatic carbocycles. The molecule has 0 amide bonds. The number of hydrogen-bond acceptors (Lipinski definition) is 2. The van der Waals surface area contributed by atoms with Crippen molar-refractivity contribution in [2.45, 2.75) is 32.6 Å². The van der Waals surface area contributed by atoms with E-state index in [9.17, 15) is 13.6 Å². The van der Waals surface area contributed by atoms with Crippen LogP contribution in [0, 0.1) is 18.6 Å². The molecule has 0 aliphatic heterocycles. The van der Waals surface area contributed by atoms with Crippen LogP contribution in [0.3, 0.4) is 0 Å². The molecule has 1 aliphatic rings. The average Bonchev–Trinajstić information content (AvgIpc) is 2.86. The minimum atomic E-state index is -0.653. The Hall–Kier alpha value is -1.55. The van der Waals surface area contributed by atoms with Crippen molar-refractivity contribution in [3.05, 3.63) is 56.3 Å². The van der Waals surface area contributed by atoms with E-state index in [1.807, 2.05) is 6.07 Å². The van der Waals surface area contributed by atoms with Gasteiger partial charge in [-0.15, -0.1) is 11.3 Å². The Labute approximate surface area is 120 Å². The number of benzene rings is 1. The predicted octanol–water partition coefficient (Wildman–Crippen LogP) is 4.44. The summed E-state index contributed by atoms with van der Waals surface area (Å²) in [6, 6.07) is 3.93. The third kappa shape index (κ3) is 2.29. The van der Waals surface area contributed by atoms with Crippen molar-refractivity contribution in [2.24, 2.45) is 0 Å². The van der Waals surface area contributed by atoms with Crippen molar-refractivity contribution in [3.63, 3.8) is 0 Å².